The van der Waals surface area contributed by atoms with Crippen LogP contribution in [0.25, 0.3) is 10.9 Å². The summed E-state index contributed by atoms with van der Waals surface area (Å²) in [4.78, 5) is 17.6. The molecule has 144 valence electrons. The molecule has 1 aliphatic heterocycles. The number of carbonyl (C=O) groups is 1. The quantitative estimate of drug-likeness (QED) is 0.701. The lowest BCUT2D eigenvalue weighted by atomic mass is 9.90. The SMILES string of the molecule is Cc1cc(C)c2[nH]ccc2c1CN1C2CCC(C2)C1c1ccc(C(N)=O)cc1. The number of hydrogen-bond acceptors (Lipinski definition) is 2. The van der Waals surface area contributed by atoms with Crippen molar-refractivity contribution in [2.45, 2.75) is 51.7 Å². The Balaban J connectivity index is 1.52. The fraction of sp³-hybridized carbons (Fsp3) is 0.375. The Labute approximate surface area is 165 Å². The molecule has 2 heterocycles. The van der Waals surface area contributed by atoms with Crippen LogP contribution in [0, 0.1) is 19.8 Å². The van der Waals surface area contributed by atoms with Gasteiger partial charge in [-0.15, -0.1) is 0 Å². The van der Waals surface area contributed by atoms with E-state index in [0.717, 1.165) is 6.54 Å². The topological polar surface area (TPSA) is 62.1 Å². The van der Waals surface area contributed by atoms with Crippen LogP contribution in [0.5, 0.6) is 0 Å². The summed E-state index contributed by atoms with van der Waals surface area (Å²) in [7, 11) is 0. The molecule has 1 saturated carbocycles. The van der Waals surface area contributed by atoms with E-state index < -0.39 is 0 Å². The van der Waals surface area contributed by atoms with Gasteiger partial charge in [-0.25, -0.2) is 0 Å². The Morgan fingerprint density at radius 2 is 1.93 bits per heavy atom. The lowest BCUT2D eigenvalue weighted by Gasteiger charge is -2.36. The van der Waals surface area contributed by atoms with Crippen LogP contribution in [0.2, 0.25) is 0 Å². The molecule has 2 bridgehead atoms. The molecule has 1 amide bonds. The van der Waals surface area contributed by atoms with E-state index in [1.807, 2.05) is 12.1 Å². The molecule has 3 N–H and O–H groups in total. The van der Waals surface area contributed by atoms with Crippen LogP contribution in [0.3, 0.4) is 0 Å². The fourth-order valence-corrected chi connectivity index (χ4v) is 5.65. The lowest BCUT2D eigenvalue weighted by molar-refractivity contribution is 0.1000. The highest BCUT2D eigenvalue weighted by Gasteiger charge is 2.46. The maximum atomic E-state index is 11.4. The third kappa shape index (κ3) is 2.67. The molecule has 5 rings (SSSR count). The second-order valence-corrected chi connectivity index (χ2v) is 8.59. The molecule has 2 aliphatic rings. The molecule has 1 aliphatic carbocycles. The molecular formula is C24H27N3O. The summed E-state index contributed by atoms with van der Waals surface area (Å²) in [5.41, 5.74) is 12.7. The number of nitrogens with one attached hydrogen (secondary N) is 1. The predicted molar refractivity (Wildman–Crippen MR) is 112 cm³/mol. The molecule has 4 heteroatoms. The number of rotatable bonds is 4. The average Bonchev–Trinajstić information content (AvgIpc) is 3.41. The maximum Gasteiger partial charge on any atom is 0.248 e. The number of carbonyl (C=O) groups excluding carboxylic acids is 1. The summed E-state index contributed by atoms with van der Waals surface area (Å²) in [6.45, 7) is 5.39. The van der Waals surface area contributed by atoms with Crippen molar-refractivity contribution in [3.63, 3.8) is 0 Å². The molecule has 1 aromatic heterocycles. The Morgan fingerprint density at radius 3 is 2.68 bits per heavy atom. The number of aryl methyl sites for hydroxylation is 2. The average molecular weight is 374 g/mol. The lowest BCUT2D eigenvalue weighted by Crippen LogP contribution is -2.35. The van der Waals surface area contributed by atoms with Crippen LogP contribution < -0.4 is 5.73 Å². The number of fused-ring (bicyclic) bond motifs is 3. The molecule has 2 aromatic carbocycles. The van der Waals surface area contributed by atoms with Gasteiger partial charge in [0, 0.05) is 41.3 Å². The van der Waals surface area contributed by atoms with E-state index in [2.05, 4.69) is 54.2 Å². The van der Waals surface area contributed by atoms with Gasteiger partial charge in [0.1, 0.15) is 0 Å². The highest BCUT2D eigenvalue weighted by Crippen LogP contribution is 2.51. The number of aromatic amines is 1. The van der Waals surface area contributed by atoms with Crippen molar-refractivity contribution >= 4 is 16.8 Å². The Hall–Kier alpha value is -2.59. The predicted octanol–water partition coefficient (Wildman–Crippen LogP) is 4.61. The van der Waals surface area contributed by atoms with E-state index in [-0.39, 0.29) is 5.91 Å². The number of benzene rings is 2. The number of primary amides is 1. The molecule has 1 saturated heterocycles. The van der Waals surface area contributed by atoms with Gasteiger partial charge in [-0.2, -0.15) is 0 Å². The first kappa shape index (κ1) is 17.5. The monoisotopic (exact) mass is 373 g/mol. The highest BCUT2D eigenvalue weighted by atomic mass is 16.1. The second kappa shape index (κ2) is 6.49. The molecule has 3 aromatic rings. The van der Waals surface area contributed by atoms with Gasteiger partial charge in [0.15, 0.2) is 0 Å². The molecule has 2 fully saturated rings. The van der Waals surface area contributed by atoms with E-state index in [4.69, 9.17) is 5.73 Å². The number of aromatic nitrogens is 1. The number of piperidine rings is 1. The first-order valence-electron chi connectivity index (χ1n) is 10.2. The normalized spacial score (nSPS) is 24.3. The minimum Gasteiger partial charge on any atom is -0.366 e. The largest absolute Gasteiger partial charge is 0.366 e. The standard InChI is InChI=1S/C24H27N3O/c1-14-11-15(2)22-20(9-10-26-22)21(14)13-27-19-8-7-18(12-19)23(27)16-3-5-17(6-4-16)24(25)28/h3-6,9-11,18-19,23,26H,7-8,12-13H2,1-2H3,(H2,25,28). The molecule has 0 spiro atoms. The number of hydrogen-bond donors (Lipinski definition) is 2. The summed E-state index contributed by atoms with van der Waals surface area (Å²) in [5.74, 6) is 0.346. The highest BCUT2D eigenvalue weighted by molar-refractivity contribution is 5.92. The van der Waals surface area contributed by atoms with E-state index in [9.17, 15) is 4.79 Å². The summed E-state index contributed by atoms with van der Waals surface area (Å²) >= 11 is 0. The zero-order chi connectivity index (χ0) is 19.4. The first-order chi connectivity index (χ1) is 13.5. The van der Waals surface area contributed by atoms with Gasteiger partial charge in [-0.1, -0.05) is 18.2 Å². The van der Waals surface area contributed by atoms with Crippen molar-refractivity contribution in [2.24, 2.45) is 11.7 Å². The van der Waals surface area contributed by atoms with E-state index in [1.54, 1.807) is 0 Å². The zero-order valence-electron chi connectivity index (χ0n) is 16.5. The van der Waals surface area contributed by atoms with E-state index in [0.29, 0.717) is 23.6 Å². The van der Waals surface area contributed by atoms with Crippen molar-refractivity contribution in [3.05, 3.63) is 70.4 Å². The van der Waals surface area contributed by atoms with E-state index in [1.165, 1.54) is 52.4 Å². The van der Waals surface area contributed by atoms with Gasteiger partial charge in [0.05, 0.1) is 0 Å². The van der Waals surface area contributed by atoms with Crippen LogP contribution in [0.1, 0.15) is 57.9 Å². The van der Waals surface area contributed by atoms with Gasteiger partial charge in [-0.3, -0.25) is 9.69 Å². The minimum atomic E-state index is -0.360. The molecule has 4 nitrogen and oxygen atoms in total. The fourth-order valence-electron chi connectivity index (χ4n) is 5.65. The Kier molecular flexibility index (Phi) is 4.06. The van der Waals surface area contributed by atoms with Crippen LogP contribution in [0.4, 0.5) is 0 Å². The van der Waals surface area contributed by atoms with Gasteiger partial charge >= 0.3 is 0 Å². The zero-order valence-corrected chi connectivity index (χ0v) is 16.5. The smallest absolute Gasteiger partial charge is 0.248 e. The Bertz CT molecular complexity index is 1050. The van der Waals surface area contributed by atoms with Crippen molar-refractivity contribution < 1.29 is 4.79 Å². The number of nitrogens with zero attached hydrogens (tertiary/aromatic N) is 1. The van der Waals surface area contributed by atoms with Crippen LogP contribution in [0.15, 0.2) is 42.6 Å². The third-order valence-corrected chi connectivity index (χ3v) is 6.97. The molecule has 3 atom stereocenters. The Morgan fingerprint density at radius 1 is 1.14 bits per heavy atom. The van der Waals surface area contributed by atoms with Gasteiger partial charge in [-0.05, 0) is 79.5 Å². The van der Waals surface area contributed by atoms with Crippen LogP contribution in [-0.4, -0.2) is 21.8 Å². The van der Waals surface area contributed by atoms with Crippen molar-refractivity contribution in [3.8, 4) is 0 Å². The van der Waals surface area contributed by atoms with Crippen LogP contribution >= 0.6 is 0 Å². The second-order valence-electron chi connectivity index (χ2n) is 8.59. The van der Waals surface area contributed by atoms with Gasteiger partial charge in [0.25, 0.3) is 0 Å². The first-order valence-corrected chi connectivity index (χ1v) is 10.2. The van der Waals surface area contributed by atoms with Gasteiger partial charge < -0.3 is 10.7 Å². The van der Waals surface area contributed by atoms with Crippen molar-refractivity contribution in [2.75, 3.05) is 0 Å². The number of nitrogens with two attached hydrogens (primary N) is 1. The molecule has 0 radical (unpaired) electrons. The summed E-state index contributed by atoms with van der Waals surface area (Å²) in [6.07, 6.45) is 5.93. The molecule has 3 unspecified atom stereocenters. The summed E-state index contributed by atoms with van der Waals surface area (Å²) in [5, 5.41) is 1.35. The molecular weight excluding hydrogens is 346 g/mol. The molecule has 28 heavy (non-hydrogen) atoms. The summed E-state index contributed by atoms with van der Waals surface area (Å²) < 4.78 is 0. The van der Waals surface area contributed by atoms with Gasteiger partial charge in [0.2, 0.25) is 5.91 Å². The van der Waals surface area contributed by atoms with Crippen LogP contribution in [-0.2, 0) is 6.54 Å². The third-order valence-electron chi connectivity index (χ3n) is 6.97. The van der Waals surface area contributed by atoms with E-state index >= 15 is 0 Å². The number of H-pyrrole nitrogens is 1. The minimum absolute atomic E-state index is 0.360. The number of likely N-dealkylation sites (tertiary alicyclic amines) is 1. The van der Waals surface area contributed by atoms with Crippen molar-refractivity contribution in [1.82, 2.24) is 9.88 Å². The maximum absolute atomic E-state index is 11.4. The number of amides is 1. The van der Waals surface area contributed by atoms with Crippen molar-refractivity contribution in [1.29, 1.82) is 0 Å². The summed E-state index contributed by atoms with van der Waals surface area (Å²) in [6, 6.07) is 13.6.